The van der Waals surface area contributed by atoms with Crippen LogP contribution in [0, 0.1) is 0 Å². The van der Waals surface area contributed by atoms with E-state index in [2.05, 4.69) is 37.8 Å². The van der Waals surface area contributed by atoms with Crippen molar-refractivity contribution in [1.82, 2.24) is 19.6 Å². The summed E-state index contributed by atoms with van der Waals surface area (Å²) in [6, 6.07) is 0.535. The van der Waals surface area contributed by atoms with E-state index in [0.29, 0.717) is 6.04 Å². The van der Waals surface area contributed by atoms with E-state index >= 15 is 0 Å². The number of morpholine rings is 2. The Morgan fingerprint density at radius 3 is 2.21 bits per heavy atom. The Morgan fingerprint density at radius 2 is 1.50 bits per heavy atom. The van der Waals surface area contributed by atoms with Crippen molar-refractivity contribution < 1.29 is 9.47 Å². The van der Waals surface area contributed by atoms with E-state index in [4.69, 9.17) is 9.47 Å². The predicted molar refractivity (Wildman–Crippen MR) is 93.6 cm³/mol. The molecule has 24 heavy (non-hydrogen) atoms. The average Bonchev–Trinajstić information content (AvgIpc) is 2.65. The standard InChI is InChI=1S/C18H30N4O2/c1-2-4-18-17(3-1)21(15-19-7-11-23-12-8-19)5-6-22(18)16-20-9-13-24-14-10-20/h1-3,18H,4-16H2. The molecule has 0 saturated carbocycles. The van der Waals surface area contributed by atoms with Crippen LogP contribution in [0.15, 0.2) is 23.9 Å². The summed E-state index contributed by atoms with van der Waals surface area (Å²) in [5.41, 5.74) is 1.50. The summed E-state index contributed by atoms with van der Waals surface area (Å²) >= 11 is 0. The summed E-state index contributed by atoms with van der Waals surface area (Å²) in [7, 11) is 0. The number of piperazine rings is 1. The van der Waals surface area contributed by atoms with Crippen molar-refractivity contribution in [3.63, 3.8) is 0 Å². The van der Waals surface area contributed by atoms with Gasteiger partial charge in [-0.1, -0.05) is 12.2 Å². The summed E-state index contributed by atoms with van der Waals surface area (Å²) in [6.45, 7) is 12.1. The summed E-state index contributed by atoms with van der Waals surface area (Å²) in [5.74, 6) is 0. The number of rotatable bonds is 4. The minimum Gasteiger partial charge on any atom is -0.379 e. The molecule has 0 aromatic carbocycles. The summed E-state index contributed by atoms with van der Waals surface area (Å²) < 4.78 is 11.0. The van der Waals surface area contributed by atoms with Crippen LogP contribution in [0.3, 0.4) is 0 Å². The molecule has 0 bridgehead atoms. The minimum absolute atomic E-state index is 0.535. The van der Waals surface area contributed by atoms with Crippen LogP contribution in [0.5, 0.6) is 0 Å². The van der Waals surface area contributed by atoms with Gasteiger partial charge in [-0.25, -0.2) is 0 Å². The lowest BCUT2D eigenvalue weighted by Gasteiger charge is -2.48. The Hall–Kier alpha value is -0.920. The molecule has 6 heteroatoms. The lowest BCUT2D eigenvalue weighted by atomic mass is 9.99. The van der Waals surface area contributed by atoms with Gasteiger partial charge in [0, 0.05) is 45.0 Å². The molecule has 3 fully saturated rings. The second-order valence-corrected chi connectivity index (χ2v) is 7.09. The van der Waals surface area contributed by atoms with Crippen molar-refractivity contribution >= 4 is 0 Å². The van der Waals surface area contributed by atoms with Gasteiger partial charge in [0.2, 0.25) is 0 Å². The summed E-state index contributed by atoms with van der Waals surface area (Å²) in [4.78, 5) is 10.3. The first-order valence-corrected chi connectivity index (χ1v) is 9.36. The lowest BCUT2D eigenvalue weighted by Crippen LogP contribution is -2.57. The highest BCUT2D eigenvalue weighted by Crippen LogP contribution is 2.27. The van der Waals surface area contributed by atoms with E-state index in [1.807, 2.05) is 0 Å². The zero-order valence-corrected chi connectivity index (χ0v) is 14.6. The highest BCUT2D eigenvalue weighted by Gasteiger charge is 2.33. The molecule has 4 aliphatic rings. The van der Waals surface area contributed by atoms with E-state index < -0.39 is 0 Å². The molecule has 0 N–H and O–H groups in total. The van der Waals surface area contributed by atoms with Gasteiger partial charge in [-0.2, -0.15) is 0 Å². The first-order valence-electron chi connectivity index (χ1n) is 9.36. The second-order valence-electron chi connectivity index (χ2n) is 7.09. The van der Waals surface area contributed by atoms with Crippen LogP contribution in [0.1, 0.15) is 6.42 Å². The molecule has 134 valence electrons. The van der Waals surface area contributed by atoms with Gasteiger partial charge in [0.05, 0.1) is 45.8 Å². The first kappa shape index (κ1) is 16.5. The third-order valence-electron chi connectivity index (χ3n) is 5.53. The highest BCUT2D eigenvalue weighted by molar-refractivity contribution is 5.25. The van der Waals surface area contributed by atoms with Crippen molar-refractivity contribution in [1.29, 1.82) is 0 Å². The van der Waals surface area contributed by atoms with Crippen molar-refractivity contribution in [3.8, 4) is 0 Å². The van der Waals surface area contributed by atoms with Crippen LogP contribution in [0.2, 0.25) is 0 Å². The van der Waals surface area contributed by atoms with Gasteiger partial charge < -0.3 is 14.4 Å². The predicted octanol–water partition coefficient (Wildman–Crippen LogP) is 0.396. The maximum atomic E-state index is 5.49. The van der Waals surface area contributed by atoms with Crippen LogP contribution in [0.4, 0.5) is 0 Å². The monoisotopic (exact) mass is 334 g/mol. The maximum absolute atomic E-state index is 5.49. The first-order chi connectivity index (χ1) is 11.9. The fourth-order valence-electron chi connectivity index (χ4n) is 4.10. The van der Waals surface area contributed by atoms with E-state index in [-0.39, 0.29) is 0 Å². The molecule has 0 aromatic heterocycles. The van der Waals surface area contributed by atoms with E-state index in [9.17, 15) is 0 Å². The number of fused-ring (bicyclic) bond motifs is 1. The molecule has 1 aliphatic carbocycles. The number of ether oxygens (including phenoxy) is 2. The molecule has 3 heterocycles. The Kier molecular flexibility index (Phi) is 5.50. The number of allylic oxidation sites excluding steroid dienone is 2. The molecule has 6 nitrogen and oxygen atoms in total. The lowest BCUT2D eigenvalue weighted by molar-refractivity contribution is -0.0224. The normalized spacial score (nSPS) is 30.2. The van der Waals surface area contributed by atoms with Gasteiger partial charge >= 0.3 is 0 Å². The van der Waals surface area contributed by atoms with Crippen LogP contribution in [0.25, 0.3) is 0 Å². The quantitative estimate of drug-likeness (QED) is 0.740. The van der Waals surface area contributed by atoms with Gasteiger partial charge in [0.1, 0.15) is 0 Å². The molecular formula is C18H30N4O2. The van der Waals surface area contributed by atoms with Crippen molar-refractivity contribution in [2.45, 2.75) is 12.5 Å². The molecular weight excluding hydrogens is 304 g/mol. The molecule has 0 amide bonds. The van der Waals surface area contributed by atoms with E-state index in [1.54, 1.807) is 0 Å². The van der Waals surface area contributed by atoms with Gasteiger partial charge in [-0.15, -0.1) is 0 Å². The Bertz CT molecular complexity index is 470. The molecule has 1 unspecified atom stereocenters. The van der Waals surface area contributed by atoms with Crippen LogP contribution < -0.4 is 0 Å². The zero-order chi connectivity index (χ0) is 16.2. The molecule has 3 saturated heterocycles. The van der Waals surface area contributed by atoms with Crippen molar-refractivity contribution in [2.24, 2.45) is 0 Å². The Labute approximate surface area is 145 Å². The maximum Gasteiger partial charge on any atom is 0.0706 e. The number of hydrogen-bond donors (Lipinski definition) is 0. The molecule has 0 aromatic rings. The third-order valence-corrected chi connectivity index (χ3v) is 5.53. The minimum atomic E-state index is 0.535. The van der Waals surface area contributed by atoms with Gasteiger partial charge in [0.25, 0.3) is 0 Å². The van der Waals surface area contributed by atoms with Gasteiger partial charge in [-0.3, -0.25) is 14.7 Å². The topological polar surface area (TPSA) is 31.4 Å². The van der Waals surface area contributed by atoms with Crippen LogP contribution in [-0.4, -0.2) is 105 Å². The van der Waals surface area contributed by atoms with Gasteiger partial charge in [0.15, 0.2) is 0 Å². The molecule has 1 atom stereocenters. The van der Waals surface area contributed by atoms with Crippen molar-refractivity contribution in [3.05, 3.63) is 23.9 Å². The largest absolute Gasteiger partial charge is 0.379 e. The molecule has 3 aliphatic heterocycles. The summed E-state index contributed by atoms with van der Waals surface area (Å²) in [6.07, 6.45) is 8.02. The van der Waals surface area contributed by atoms with E-state index in [1.165, 1.54) is 5.70 Å². The number of hydrogen-bond acceptors (Lipinski definition) is 6. The van der Waals surface area contributed by atoms with E-state index in [0.717, 1.165) is 85.5 Å². The van der Waals surface area contributed by atoms with Crippen LogP contribution in [-0.2, 0) is 9.47 Å². The van der Waals surface area contributed by atoms with Crippen LogP contribution >= 0.6 is 0 Å². The number of nitrogens with zero attached hydrogens (tertiary/aromatic N) is 4. The smallest absolute Gasteiger partial charge is 0.0706 e. The summed E-state index contributed by atoms with van der Waals surface area (Å²) in [5, 5.41) is 0. The molecule has 4 rings (SSSR count). The Balaban J connectivity index is 1.39. The molecule has 0 radical (unpaired) electrons. The van der Waals surface area contributed by atoms with Crippen molar-refractivity contribution in [2.75, 3.05) is 79.0 Å². The molecule has 0 spiro atoms. The van der Waals surface area contributed by atoms with Gasteiger partial charge in [-0.05, 0) is 12.5 Å². The Morgan fingerprint density at radius 1 is 0.833 bits per heavy atom. The highest BCUT2D eigenvalue weighted by atomic mass is 16.5. The zero-order valence-electron chi connectivity index (χ0n) is 14.6. The fraction of sp³-hybridized carbons (Fsp3) is 0.778. The fourth-order valence-corrected chi connectivity index (χ4v) is 4.10. The third kappa shape index (κ3) is 3.83. The SMILES string of the molecule is C1=CCC2C(=C1)N(CN1CCOCC1)CCN2CN1CCOCC1. The average molecular weight is 334 g/mol. The second kappa shape index (κ2) is 7.97.